The van der Waals surface area contributed by atoms with E-state index >= 15 is 4.79 Å². The summed E-state index contributed by atoms with van der Waals surface area (Å²) in [5, 5.41) is 7.14. The highest BCUT2D eigenvalue weighted by Gasteiger charge is 2.24. The molecule has 3 heterocycles. The minimum absolute atomic E-state index is 0.0397. The van der Waals surface area contributed by atoms with Crippen LogP contribution in [0.15, 0.2) is 217 Å². The van der Waals surface area contributed by atoms with E-state index < -0.39 is 0 Å². The molecule has 0 aliphatic rings. The normalized spacial score (nSPS) is 11.8. The fourth-order valence-electron chi connectivity index (χ4n) is 9.52. The first-order chi connectivity index (χ1) is 29.2. The van der Waals surface area contributed by atoms with E-state index in [1.54, 1.807) is 0 Å². The lowest BCUT2D eigenvalue weighted by molar-refractivity contribution is 1.06. The van der Waals surface area contributed by atoms with Gasteiger partial charge < -0.3 is 9.13 Å². The van der Waals surface area contributed by atoms with Gasteiger partial charge >= 0.3 is 0 Å². The topological polar surface area (TPSA) is 31.9 Å². The van der Waals surface area contributed by atoms with Crippen LogP contribution in [0.3, 0.4) is 0 Å². The van der Waals surface area contributed by atoms with Gasteiger partial charge in [0, 0.05) is 54.8 Å². The van der Waals surface area contributed by atoms with E-state index in [9.17, 15) is 0 Å². The van der Waals surface area contributed by atoms with E-state index in [4.69, 9.17) is 0 Å². The number of aromatic nitrogens is 3. The fourth-order valence-corrected chi connectivity index (χ4v) is 9.52. The van der Waals surface area contributed by atoms with Crippen molar-refractivity contribution >= 4 is 65.3 Å². The van der Waals surface area contributed by atoms with Crippen molar-refractivity contribution in [1.82, 2.24) is 13.7 Å². The molecule has 0 saturated heterocycles. The van der Waals surface area contributed by atoms with Crippen LogP contribution >= 0.6 is 0 Å². The van der Waals surface area contributed by atoms with Crippen LogP contribution in [-0.2, 0) is 0 Å². The molecule has 0 fully saturated rings. The van der Waals surface area contributed by atoms with Gasteiger partial charge in [-0.2, -0.15) is 0 Å². The van der Waals surface area contributed by atoms with Gasteiger partial charge in [-0.1, -0.05) is 140 Å². The van der Waals surface area contributed by atoms with Crippen LogP contribution in [0.2, 0.25) is 0 Å². The molecule has 12 aromatic rings. The van der Waals surface area contributed by atoms with E-state index in [0.717, 1.165) is 88.1 Å². The molecule has 0 saturated carbocycles. The molecule has 12 rings (SSSR count). The van der Waals surface area contributed by atoms with Gasteiger partial charge in [0.15, 0.2) is 0 Å². The molecule has 0 atom stereocenters. The molecule has 0 radical (unpaired) electrons. The van der Waals surface area contributed by atoms with Crippen LogP contribution in [0.25, 0.3) is 105 Å². The Morgan fingerprint density at radius 1 is 0.254 bits per heavy atom. The predicted octanol–water partition coefficient (Wildman–Crippen LogP) is 13.7. The Labute approximate surface area is 339 Å². The van der Waals surface area contributed by atoms with Crippen molar-refractivity contribution in [3.05, 3.63) is 223 Å². The molecular formula is C55H35N3O. The lowest BCUT2D eigenvalue weighted by atomic mass is 9.96. The number of hydrogen-bond donors (Lipinski definition) is 0. The van der Waals surface area contributed by atoms with E-state index in [1.807, 2.05) is 34.9 Å². The highest BCUT2D eigenvalue weighted by molar-refractivity contribution is 6.35. The van der Waals surface area contributed by atoms with Crippen LogP contribution in [0, 0.1) is 0 Å². The summed E-state index contributed by atoms with van der Waals surface area (Å²) in [6.07, 6.45) is 0. The van der Waals surface area contributed by atoms with Gasteiger partial charge in [0.25, 0.3) is 5.56 Å². The number of para-hydroxylation sites is 3. The molecule has 0 N–H and O–H groups in total. The third-order valence-electron chi connectivity index (χ3n) is 12.0. The van der Waals surface area contributed by atoms with Gasteiger partial charge in [-0.05, 0) is 95.1 Å². The second-order valence-electron chi connectivity index (χ2n) is 15.3. The molecule has 0 unspecified atom stereocenters. The van der Waals surface area contributed by atoms with Crippen molar-refractivity contribution in [1.29, 1.82) is 0 Å². The monoisotopic (exact) mass is 753 g/mol. The quantitative estimate of drug-likeness (QED) is 0.161. The Bertz CT molecular complexity index is 3670. The molecular weight excluding hydrogens is 719 g/mol. The maximum absolute atomic E-state index is 15.2. The largest absolute Gasteiger partial charge is 0.309 e. The van der Waals surface area contributed by atoms with Gasteiger partial charge in [-0.25, -0.2) is 0 Å². The maximum Gasteiger partial charge on any atom is 0.263 e. The van der Waals surface area contributed by atoms with Crippen LogP contribution < -0.4 is 5.56 Å². The lowest BCUT2D eigenvalue weighted by Crippen LogP contribution is -2.19. The first-order valence-electron chi connectivity index (χ1n) is 20.1. The second-order valence-corrected chi connectivity index (χ2v) is 15.3. The first kappa shape index (κ1) is 33.2. The Hall–Kier alpha value is -7.95. The number of hydrogen-bond acceptors (Lipinski definition) is 1. The van der Waals surface area contributed by atoms with Crippen LogP contribution in [0.1, 0.15) is 0 Å². The Morgan fingerprint density at radius 3 is 1.20 bits per heavy atom. The number of pyridine rings is 1. The van der Waals surface area contributed by atoms with Crippen LogP contribution in [-0.4, -0.2) is 13.7 Å². The Kier molecular flexibility index (Phi) is 7.35. The highest BCUT2D eigenvalue weighted by atomic mass is 16.1. The zero-order valence-electron chi connectivity index (χ0n) is 32.0. The molecule has 276 valence electrons. The molecule has 9 aromatic carbocycles. The highest BCUT2D eigenvalue weighted by Crippen LogP contribution is 2.45. The zero-order valence-corrected chi connectivity index (χ0v) is 32.0. The zero-order chi connectivity index (χ0) is 39.0. The molecule has 0 aliphatic carbocycles. The molecule has 0 amide bonds. The molecule has 0 bridgehead atoms. The summed E-state index contributed by atoms with van der Waals surface area (Å²) in [6.45, 7) is 0. The summed E-state index contributed by atoms with van der Waals surface area (Å²) in [6, 6.07) is 74.6. The van der Waals surface area contributed by atoms with Gasteiger partial charge in [0.1, 0.15) is 0 Å². The smallest absolute Gasteiger partial charge is 0.263 e. The Balaban J connectivity index is 1.26. The summed E-state index contributed by atoms with van der Waals surface area (Å²) in [4.78, 5) is 15.2. The van der Waals surface area contributed by atoms with Crippen molar-refractivity contribution in [2.75, 3.05) is 0 Å². The number of fused-ring (bicyclic) bond motifs is 11. The van der Waals surface area contributed by atoms with Crippen molar-refractivity contribution in [3.63, 3.8) is 0 Å². The third-order valence-corrected chi connectivity index (χ3v) is 12.0. The van der Waals surface area contributed by atoms with Crippen LogP contribution in [0.5, 0.6) is 0 Å². The summed E-state index contributed by atoms with van der Waals surface area (Å²) in [5.74, 6) is 0. The lowest BCUT2D eigenvalue weighted by Gasteiger charge is -2.16. The summed E-state index contributed by atoms with van der Waals surface area (Å²) >= 11 is 0. The van der Waals surface area contributed by atoms with E-state index in [1.165, 1.54) is 11.1 Å². The van der Waals surface area contributed by atoms with E-state index in [0.29, 0.717) is 5.39 Å². The molecule has 0 aliphatic heterocycles. The molecule has 0 spiro atoms. The second kappa shape index (κ2) is 13.1. The minimum Gasteiger partial charge on any atom is -0.309 e. The third kappa shape index (κ3) is 5.00. The molecule has 59 heavy (non-hydrogen) atoms. The van der Waals surface area contributed by atoms with Crippen molar-refractivity contribution in [3.8, 4) is 39.3 Å². The average molecular weight is 754 g/mol. The van der Waals surface area contributed by atoms with Crippen molar-refractivity contribution in [2.45, 2.75) is 0 Å². The predicted molar refractivity (Wildman–Crippen MR) is 247 cm³/mol. The van der Waals surface area contributed by atoms with E-state index in [2.05, 4.69) is 191 Å². The number of rotatable bonds is 5. The molecule has 3 aromatic heterocycles. The SMILES string of the molecule is O=c1c2ccc3c(c4ccccc4n3-c3cccc(-c4ccccc4)c3)c2c2c3c4ccccc4n(-c4cccc(-c5ccccc5)c4)c3ccc2n1-c1ccccc1. The van der Waals surface area contributed by atoms with Crippen LogP contribution in [0.4, 0.5) is 0 Å². The van der Waals surface area contributed by atoms with Crippen molar-refractivity contribution < 1.29 is 0 Å². The standard InChI is InChI=1S/C55H35N3O/c59-55-45-30-31-48-51(43-26-10-12-28-46(43)56(48)41-24-14-20-38(34-41)36-16-4-1-5-17-36)53(45)54-50(58(55)40-22-8-3-9-23-40)33-32-49-52(54)44-27-11-13-29-47(44)57(49)42-25-15-21-39(35-42)37-18-6-2-7-19-37/h1-35H. The average Bonchev–Trinajstić information content (AvgIpc) is 3.83. The van der Waals surface area contributed by atoms with Gasteiger partial charge in [0.2, 0.25) is 0 Å². The fraction of sp³-hybridized carbons (Fsp3) is 0. The summed E-state index contributed by atoms with van der Waals surface area (Å²) < 4.78 is 6.66. The van der Waals surface area contributed by atoms with Gasteiger partial charge in [-0.15, -0.1) is 0 Å². The van der Waals surface area contributed by atoms with Gasteiger partial charge in [-0.3, -0.25) is 9.36 Å². The molecule has 4 heteroatoms. The number of benzene rings is 9. The van der Waals surface area contributed by atoms with Gasteiger partial charge in [0.05, 0.1) is 27.6 Å². The minimum atomic E-state index is -0.0397. The maximum atomic E-state index is 15.2. The first-order valence-corrected chi connectivity index (χ1v) is 20.1. The summed E-state index contributed by atoms with van der Waals surface area (Å²) in [5.41, 5.74) is 12.8. The molecule has 4 nitrogen and oxygen atoms in total. The number of nitrogens with zero attached hydrogens (tertiary/aromatic N) is 3. The Morgan fingerprint density at radius 2 is 0.661 bits per heavy atom. The van der Waals surface area contributed by atoms with E-state index in [-0.39, 0.29) is 5.56 Å². The summed E-state index contributed by atoms with van der Waals surface area (Å²) in [7, 11) is 0. The van der Waals surface area contributed by atoms with Crippen molar-refractivity contribution in [2.24, 2.45) is 0 Å².